The molecule has 0 fully saturated rings. The predicted octanol–water partition coefficient (Wildman–Crippen LogP) is 4.27. The van der Waals surface area contributed by atoms with Crippen molar-refractivity contribution in [2.75, 3.05) is 37.4 Å². The third kappa shape index (κ3) is 6.41. The number of para-hydroxylation sites is 1. The molecular formula is C32H34N6O5. The van der Waals surface area contributed by atoms with Crippen molar-refractivity contribution in [1.29, 1.82) is 0 Å². The molecule has 2 heterocycles. The second-order valence-electron chi connectivity index (χ2n) is 10.7. The van der Waals surface area contributed by atoms with E-state index in [2.05, 4.69) is 20.6 Å². The minimum absolute atomic E-state index is 0.0996. The topological polar surface area (TPSA) is 137 Å². The number of amides is 4. The van der Waals surface area contributed by atoms with Crippen LogP contribution in [-0.2, 0) is 0 Å². The second-order valence-corrected chi connectivity index (χ2v) is 10.7. The van der Waals surface area contributed by atoms with E-state index in [1.54, 1.807) is 37.1 Å². The smallest absolute Gasteiger partial charge is 0.321 e. The molecule has 0 aliphatic carbocycles. The Hall–Kier alpha value is -5.03. The van der Waals surface area contributed by atoms with Crippen LogP contribution in [0.3, 0.4) is 0 Å². The highest BCUT2D eigenvalue weighted by molar-refractivity contribution is 6.06. The van der Waals surface area contributed by atoms with Gasteiger partial charge in [0.1, 0.15) is 11.8 Å². The van der Waals surface area contributed by atoms with Crippen LogP contribution < -0.4 is 15.4 Å². The molecule has 1 aliphatic rings. The summed E-state index contributed by atoms with van der Waals surface area (Å²) in [7, 11) is 1.68. The number of benzene rings is 3. The number of rotatable bonds is 7. The summed E-state index contributed by atoms with van der Waals surface area (Å²) in [5.74, 6) is -0.919. The van der Waals surface area contributed by atoms with E-state index in [9.17, 15) is 19.5 Å². The van der Waals surface area contributed by atoms with Gasteiger partial charge in [0.25, 0.3) is 11.8 Å². The maximum absolute atomic E-state index is 13.7. The number of aromatic nitrogens is 2. The first-order valence-corrected chi connectivity index (χ1v) is 14.1. The Bertz CT molecular complexity index is 1630. The van der Waals surface area contributed by atoms with Crippen LogP contribution in [0.25, 0.3) is 10.8 Å². The van der Waals surface area contributed by atoms with E-state index in [4.69, 9.17) is 4.74 Å². The number of urea groups is 1. The zero-order valence-corrected chi connectivity index (χ0v) is 24.2. The van der Waals surface area contributed by atoms with Gasteiger partial charge in [-0.05, 0) is 30.5 Å². The molecule has 11 nitrogen and oxygen atoms in total. The van der Waals surface area contributed by atoms with E-state index in [1.807, 2.05) is 49.4 Å². The number of hydrogen-bond donors (Lipinski definition) is 3. The fourth-order valence-electron chi connectivity index (χ4n) is 5.06. The molecular weight excluding hydrogens is 548 g/mol. The number of nitrogens with zero attached hydrogens (tertiary/aromatic N) is 4. The second kappa shape index (κ2) is 12.9. The van der Waals surface area contributed by atoms with Gasteiger partial charge in [0.15, 0.2) is 5.75 Å². The fraction of sp³-hybridized carbons (Fsp3) is 0.281. The van der Waals surface area contributed by atoms with Crippen LogP contribution in [0.4, 0.5) is 16.2 Å². The maximum Gasteiger partial charge on any atom is 0.321 e. The molecule has 0 radical (unpaired) electrons. The lowest BCUT2D eigenvalue weighted by Crippen LogP contribution is -2.50. The SMILES string of the molecule is C[C@H]1CN([C@@H](C)CO)C(=O)c2cccc(NC(=O)c3cnccn3)c2O[C@@H]1CN(C)C(=O)Nc1cccc2ccccc12. The zero-order chi connectivity index (χ0) is 30.5. The van der Waals surface area contributed by atoms with Gasteiger partial charge in [0.05, 0.1) is 42.3 Å². The van der Waals surface area contributed by atoms with Gasteiger partial charge < -0.3 is 30.3 Å². The van der Waals surface area contributed by atoms with E-state index in [0.29, 0.717) is 12.2 Å². The van der Waals surface area contributed by atoms with E-state index >= 15 is 0 Å². The number of aliphatic hydroxyl groups excluding tert-OH is 1. The molecule has 3 atom stereocenters. The molecule has 0 unspecified atom stereocenters. The van der Waals surface area contributed by atoms with Crippen LogP contribution in [0.5, 0.6) is 5.75 Å². The largest absolute Gasteiger partial charge is 0.485 e. The molecule has 222 valence electrons. The number of likely N-dealkylation sites (N-methyl/N-ethyl adjacent to an activating group) is 1. The fourth-order valence-corrected chi connectivity index (χ4v) is 5.06. The molecule has 0 saturated heterocycles. The van der Waals surface area contributed by atoms with Gasteiger partial charge >= 0.3 is 6.03 Å². The summed E-state index contributed by atoms with van der Waals surface area (Å²) in [6, 6.07) is 17.6. The molecule has 4 amide bonds. The Balaban J connectivity index is 1.44. The Morgan fingerprint density at radius 1 is 1.07 bits per heavy atom. The zero-order valence-electron chi connectivity index (χ0n) is 24.2. The first-order valence-electron chi connectivity index (χ1n) is 14.1. The van der Waals surface area contributed by atoms with Crippen molar-refractivity contribution in [3.05, 3.63) is 90.5 Å². The normalized spacial score (nSPS) is 17.2. The predicted molar refractivity (Wildman–Crippen MR) is 163 cm³/mol. The van der Waals surface area contributed by atoms with Crippen molar-refractivity contribution in [1.82, 2.24) is 19.8 Å². The Morgan fingerprint density at radius 3 is 2.58 bits per heavy atom. The van der Waals surface area contributed by atoms with Crippen LogP contribution in [0.15, 0.2) is 79.3 Å². The number of anilines is 2. The summed E-state index contributed by atoms with van der Waals surface area (Å²) in [5.41, 5.74) is 1.30. The molecule has 3 aromatic carbocycles. The third-order valence-corrected chi connectivity index (χ3v) is 7.57. The number of nitrogens with one attached hydrogen (secondary N) is 2. The summed E-state index contributed by atoms with van der Waals surface area (Å²) in [5, 5.41) is 17.7. The van der Waals surface area contributed by atoms with Gasteiger partial charge in [0.2, 0.25) is 0 Å². The number of fused-ring (bicyclic) bond motifs is 2. The van der Waals surface area contributed by atoms with Gasteiger partial charge in [-0.1, -0.05) is 49.4 Å². The monoisotopic (exact) mass is 582 g/mol. The first-order chi connectivity index (χ1) is 20.8. The van der Waals surface area contributed by atoms with Gasteiger partial charge in [-0.2, -0.15) is 0 Å². The minimum atomic E-state index is -0.571. The summed E-state index contributed by atoms with van der Waals surface area (Å²) in [6.07, 6.45) is 3.65. The van der Waals surface area contributed by atoms with Gasteiger partial charge in [-0.25, -0.2) is 9.78 Å². The molecule has 1 aromatic heterocycles. The summed E-state index contributed by atoms with van der Waals surface area (Å²) < 4.78 is 6.51. The number of carbonyl (C=O) groups is 3. The summed E-state index contributed by atoms with van der Waals surface area (Å²) >= 11 is 0. The average Bonchev–Trinajstić information content (AvgIpc) is 3.03. The van der Waals surface area contributed by atoms with Crippen molar-refractivity contribution in [3.63, 3.8) is 0 Å². The van der Waals surface area contributed by atoms with E-state index in [0.717, 1.165) is 10.8 Å². The minimum Gasteiger partial charge on any atom is -0.485 e. The van der Waals surface area contributed by atoms with E-state index in [1.165, 1.54) is 23.5 Å². The molecule has 11 heteroatoms. The average molecular weight is 583 g/mol. The summed E-state index contributed by atoms with van der Waals surface area (Å²) in [4.78, 5) is 51.2. The van der Waals surface area contributed by atoms with Crippen molar-refractivity contribution >= 4 is 40.0 Å². The molecule has 1 aliphatic heterocycles. The molecule has 0 spiro atoms. The Morgan fingerprint density at radius 2 is 1.81 bits per heavy atom. The standard InChI is InChI=1S/C32H34N6O5/c1-20-17-38(21(2)19-39)31(41)24-11-7-13-26(35-30(40)27-16-33-14-15-34-27)29(24)43-28(20)18-37(3)32(42)36-25-12-6-9-22-8-4-5-10-23(22)25/h4-16,20-21,28,39H,17-19H2,1-3H3,(H,35,40)(H,36,42)/t20-,21-,28+/m0/s1. The Kier molecular flexibility index (Phi) is 8.82. The van der Waals surface area contributed by atoms with Crippen LogP contribution in [0.1, 0.15) is 34.7 Å². The molecule has 0 saturated carbocycles. The van der Waals surface area contributed by atoms with Gasteiger partial charge in [0, 0.05) is 37.3 Å². The van der Waals surface area contributed by atoms with Crippen LogP contribution in [0.2, 0.25) is 0 Å². The lowest BCUT2D eigenvalue weighted by atomic mass is 9.99. The van der Waals surface area contributed by atoms with Crippen molar-refractivity contribution in [3.8, 4) is 5.75 Å². The molecule has 0 bridgehead atoms. The van der Waals surface area contributed by atoms with Crippen molar-refractivity contribution < 1.29 is 24.2 Å². The van der Waals surface area contributed by atoms with Gasteiger partial charge in [-0.15, -0.1) is 0 Å². The first kappa shape index (κ1) is 29.5. The number of carbonyl (C=O) groups excluding carboxylic acids is 3. The molecule has 3 N–H and O–H groups in total. The lowest BCUT2D eigenvalue weighted by Gasteiger charge is -2.38. The summed E-state index contributed by atoms with van der Waals surface area (Å²) in [6.45, 7) is 3.94. The van der Waals surface area contributed by atoms with Crippen LogP contribution in [-0.4, -0.2) is 81.6 Å². The van der Waals surface area contributed by atoms with Gasteiger partial charge in [-0.3, -0.25) is 14.6 Å². The Labute approximate surface area is 249 Å². The highest BCUT2D eigenvalue weighted by Crippen LogP contribution is 2.35. The van der Waals surface area contributed by atoms with Crippen molar-refractivity contribution in [2.24, 2.45) is 5.92 Å². The van der Waals surface area contributed by atoms with E-state index < -0.39 is 18.1 Å². The van der Waals surface area contributed by atoms with Crippen molar-refractivity contribution in [2.45, 2.75) is 26.0 Å². The number of ether oxygens (including phenoxy) is 1. The van der Waals surface area contributed by atoms with Crippen LogP contribution in [0, 0.1) is 5.92 Å². The highest BCUT2D eigenvalue weighted by Gasteiger charge is 2.35. The molecule has 5 rings (SSSR count). The molecule has 4 aromatic rings. The third-order valence-electron chi connectivity index (χ3n) is 7.57. The quantitative estimate of drug-likeness (QED) is 0.296. The maximum atomic E-state index is 13.7. The highest BCUT2D eigenvalue weighted by atomic mass is 16.5. The molecule has 43 heavy (non-hydrogen) atoms. The number of aliphatic hydroxyl groups is 1. The lowest BCUT2D eigenvalue weighted by molar-refractivity contribution is 0.0372. The van der Waals surface area contributed by atoms with Crippen LogP contribution >= 0.6 is 0 Å². The van der Waals surface area contributed by atoms with E-state index in [-0.39, 0.29) is 53.7 Å². The number of hydrogen-bond acceptors (Lipinski definition) is 7.